The van der Waals surface area contributed by atoms with Gasteiger partial charge < -0.3 is 20.8 Å². The summed E-state index contributed by atoms with van der Waals surface area (Å²) >= 11 is 0. The van der Waals surface area contributed by atoms with Crippen LogP contribution in [0.15, 0.2) is 41.0 Å². The lowest BCUT2D eigenvalue weighted by atomic mass is 9.81. The van der Waals surface area contributed by atoms with E-state index in [4.69, 9.17) is 10.4 Å². The third-order valence-corrected chi connectivity index (χ3v) is 5.02. The van der Waals surface area contributed by atoms with Crippen molar-refractivity contribution >= 4 is 29.1 Å². The minimum absolute atomic E-state index is 0.197. The number of carbonyl (C=O) groups excluding carboxylic acids is 1. The summed E-state index contributed by atoms with van der Waals surface area (Å²) in [5.41, 5.74) is 4.49. The SMILES string of the molecule is N=C(/C(=C\NC1CC(C=O)C1)C1=Nc2ccccc2NC1)C1CC1. The van der Waals surface area contributed by atoms with Crippen LogP contribution in [-0.4, -0.2) is 30.3 Å². The number of rotatable bonds is 6. The topological polar surface area (TPSA) is 77.3 Å². The van der Waals surface area contributed by atoms with Gasteiger partial charge in [-0.15, -0.1) is 0 Å². The molecule has 3 aliphatic rings. The van der Waals surface area contributed by atoms with E-state index in [1.165, 1.54) is 0 Å². The molecule has 0 unspecified atom stereocenters. The molecule has 5 nitrogen and oxygen atoms in total. The third-order valence-electron chi connectivity index (χ3n) is 5.02. The van der Waals surface area contributed by atoms with Gasteiger partial charge in [-0.1, -0.05) is 12.1 Å². The molecule has 5 heteroatoms. The Morgan fingerprint density at radius 3 is 2.83 bits per heavy atom. The first-order chi connectivity index (χ1) is 11.7. The van der Waals surface area contributed by atoms with Crippen LogP contribution >= 0.6 is 0 Å². The summed E-state index contributed by atoms with van der Waals surface area (Å²) in [6, 6.07) is 8.34. The molecular weight excluding hydrogens is 300 g/mol. The van der Waals surface area contributed by atoms with Crippen molar-refractivity contribution in [3.8, 4) is 0 Å². The van der Waals surface area contributed by atoms with Gasteiger partial charge >= 0.3 is 0 Å². The van der Waals surface area contributed by atoms with E-state index in [-0.39, 0.29) is 5.92 Å². The van der Waals surface area contributed by atoms with Gasteiger partial charge in [0.1, 0.15) is 6.29 Å². The second-order valence-corrected chi connectivity index (χ2v) is 6.91. The smallest absolute Gasteiger partial charge is 0.123 e. The van der Waals surface area contributed by atoms with Crippen molar-refractivity contribution in [2.75, 3.05) is 11.9 Å². The molecule has 1 aromatic rings. The molecule has 1 heterocycles. The number of carbonyl (C=O) groups is 1. The van der Waals surface area contributed by atoms with Gasteiger partial charge in [-0.2, -0.15) is 0 Å². The third kappa shape index (κ3) is 2.98. The van der Waals surface area contributed by atoms with Crippen molar-refractivity contribution in [1.82, 2.24) is 5.32 Å². The summed E-state index contributed by atoms with van der Waals surface area (Å²) in [7, 11) is 0. The number of nitrogens with zero attached hydrogens (tertiary/aromatic N) is 1. The summed E-state index contributed by atoms with van der Waals surface area (Å²) < 4.78 is 0. The predicted molar refractivity (Wildman–Crippen MR) is 96.3 cm³/mol. The van der Waals surface area contributed by atoms with Gasteiger partial charge in [0.25, 0.3) is 0 Å². The first-order valence-corrected chi connectivity index (χ1v) is 8.65. The molecule has 24 heavy (non-hydrogen) atoms. The lowest BCUT2D eigenvalue weighted by Gasteiger charge is -2.32. The highest BCUT2D eigenvalue weighted by Crippen LogP contribution is 2.35. The molecule has 2 saturated carbocycles. The van der Waals surface area contributed by atoms with Crippen LogP contribution in [0.25, 0.3) is 0 Å². The van der Waals surface area contributed by atoms with Gasteiger partial charge in [0, 0.05) is 35.4 Å². The second-order valence-electron chi connectivity index (χ2n) is 6.91. The fraction of sp³-hybridized carbons (Fsp3) is 0.421. The van der Waals surface area contributed by atoms with Crippen molar-refractivity contribution in [2.24, 2.45) is 16.8 Å². The maximum Gasteiger partial charge on any atom is 0.123 e. The summed E-state index contributed by atoms with van der Waals surface area (Å²) in [6.45, 7) is 0.640. The highest BCUT2D eigenvalue weighted by molar-refractivity contribution is 6.26. The highest BCUT2D eigenvalue weighted by atomic mass is 16.1. The van der Waals surface area contributed by atoms with Crippen LogP contribution < -0.4 is 10.6 Å². The molecule has 0 amide bonds. The summed E-state index contributed by atoms with van der Waals surface area (Å²) in [6.07, 6.45) is 6.98. The Kier molecular flexibility index (Phi) is 3.92. The second kappa shape index (κ2) is 6.23. The number of hydrogen-bond donors (Lipinski definition) is 3. The van der Waals surface area contributed by atoms with Crippen LogP contribution in [0.4, 0.5) is 11.4 Å². The van der Waals surface area contributed by atoms with Gasteiger partial charge in [0.05, 0.1) is 23.6 Å². The number of benzene rings is 1. The zero-order valence-electron chi connectivity index (χ0n) is 13.6. The van der Waals surface area contributed by atoms with E-state index in [0.29, 0.717) is 24.2 Å². The van der Waals surface area contributed by atoms with E-state index in [0.717, 1.165) is 54.6 Å². The zero-order chi connectivity index (χ0) is 16.5. The van der Waals surface area contributed by atoms with E-state index >= 15 is 0 Å². The minimum Gasteiger partial charge on any atom is -0.388 e. The van der Waals surface area contributed by atoms with Gasteiger partial charge in [-0.25, -0.2) is 4.99 Å². The fourth-order valence-corrected chi connectivity index (χ4v) is 3.26. The monoisotopic (exact) mass is 322 g/mol. The molecule has 2 aliphatic carbocycles. The van der Waals surface area contributed by atoms with Crippen molar-refractivity contribution in [3.63, 3.8) is 0 Å². The largest absolute Gasteiger partial charge is 0.388 e. The first-order valence-electron chi connectivity index (χ1n) is 8.65. The molecule has 0 radical (unpaired) electrons. The zero-order valence-corrected chi connectivity index (χ0v) is 13.6. The summed E-state index contributed by atoms with van der Waals surface area (Å²) in [5, 5.41) is 15.3. The van der Waals surface area contributed by atoms with Gasteiger partial charge in [0.15, 0.2) is 0 Å². The fourth-order valence-electron chi connectivity index (χ4n) is 3.26. The van der Waals surface area contributed by atoms with E-state index in [1.54, 1.807) is 0 Å². The molecule has 1 aromatic carbocycles. The Bertz CT molecular complexity index is 727. The Hall–Kier alpha value is -2.43. The number of para-hydroxylation sites is 2. The maximum absolute atomic E-state index is 10.7. The van der Waals surface area contributed by atoms with Crippen LogP contribution in [0.2, 0.25) is 0 Å². The van der Waals surface area contributed by atoms with Crippen molar-refractivity contribution < 1.29 is 4.79 Å². The molecule has 0 saturated heterocycles. The van der Waals surface area contributed by atoms with Crippen LogP contribution in [0.1, 0.15) is 25.7 Å². The molecule has 124 valence electrons. The van der Waals surface area contributed by atoms with Crippen molar-refractivity contribution in [1.29, 1.82) is 5.41 Å². The number of hydrogen-bond acceptors (Lipinski definition) is 5. The maximum atomic E-state index is 10.7. The average Bonchev–Trinajstić information content (AvgIpc) is 3.41. The average molecular weight is 322 g/mol. The molecule has 4 rings (SSSR count). The molecule has 0 bridgehead atoms. The number of aliphatic imine (C=N–C) groups is 1. The Balaban J connectivity index is 1.56. The molecular formula is C19H22N4O. The Morgan fingerprint density at radius 1 is 1.29 bits per heavy atom. The van der Waals surface area contributed by atoms with Crippen LogP contribution in [0, 0.1) is 17.2 Å². The Morgan fingerprint density at radius 2 is 2.08 bits per heavy atom. The van der Waals surface area contributed by atoms with Crippen molar-refractivity contribution in [2.45, 2.75) is 31.7 Å². The normalized spacial score (nSPS) is 25.7. The summed E-state index contributed by atoms with van der Waals surface area (Å²) in [4.78, 5) is 15.5. The highest BCUT2D eigenvalue weighted by Gasteiger charge is 2.32. The molecule has 1 aliphatic heterocycles. The first kappa shape index (κ1) is 15.1. The summed E-state index contributed by atoms with van der Waals surface area (Å²) in [5.74, 6) is 0.574. The number of aldehydes is 1. The van der Waals surface area contributed by atoms with E-state index in [2.05, 4.69) is 10.6 Å². The van der Waals surface area contributed by atoms with Gasteiger partial charge in [-0.3, -0.25) is 0 Å². The molecule has 3 N–H and O–H groups in total. The van der Waals surface area contributed by atoms with E-state index in [1.807, 2.05) is 30.5 Å². The van der Waals surface area contributed by atoms with E-state index < -0.39 is 0 Å². The number of nitrogens with one attached hydrogen (secondary N) is 3. The lowest BCUT2D eigenvalue weighted by molar-refractivity contribution is -0.113. The molecule has 2 fully saturated rings. The Labute approximate surface area is 141 Å². The van der Waals surface area contributed by atoms with Crippen molar-refractivity contribution in [3.05, 3.63) is 36.0 Å². The van der Waals surface area contributed by atoms with Gasteiger partial charge in [-0.05, 0) is 37.8 Å². The van der Waals surface area contributed by atoms with Crippen LogP contribution in [0.3, 0.4) is 0 Å². The van der Waals surface area contributed by atoms with Crippen LogP contribution in [-0.2, 0) is 4.79 Å². The molecule has 0 aromatic heterocycles. The van der Waals surface area contributed by atoms with Gasteiger partial charge in [0.2, 0.25) is 0 Å². The quantitative estimate of drug-likeness (QED) is 0.556. The lowest BCUT2D eigenvalue weighted by Crippen LogP contribution is -2.40. The minimum atomic E-state index is 0.197. The number of anilines is 1. The standard InChI is InChI=1S/C19H22N4O/c20-19(13-5-6-13)15(9-21-14-7-12(8-14)11-24)18-10-22-16-3-1-2-4-17(16)23-18/h1-4,9,11-14,20-22H,5-8,10H2/b15-9-,20-19?. The number of fused-ring (bicyclic) bond motifs is 1. The van der Waals surface area contributed by atoms with Crippen LogP contribution in [0.5, 0.6) is 0 Å². The van der Waals surface area contributed by atoms with E-state index in [9.17, 15) is 4.79 Å². The predicted octanol–water partition coefficient (Wildman–Crippen LogP) is 3.07. The molecule has 0 spiro atoms. The molecule has 0 atom stereocenters.